The van der Waals surface area contributed by atoms with Crippen molar-refractivity contribution in [3.63, 3.8) is 0 Å². The van der Waals surface area contributed by atoms with Gasteiger partial charge in [0.1, 0.15) is 0 Å². The number of hydrogen-bond donors (Lipinski definition) is 2. The van der Waals surface area contributed by atoms with Crippen molar-refractivity contribution in [2.24, 2.45) is 0 Å². The Labute approximate surface area is 102 Å². The van der Waals surface area contributed by atoms with Crippen LogP contribution in [0.5, 0.6) is 0 Å². The molecule has 8 heteroatoms. The monoisotopic (exact) mass is 256 g/mol. The van der Waals surface area contributed by atoms with E-state index < -0.39 is 29.3 Å². The van der Waals surface area contributed by atoms with E-state index in [9.17, 15) is 18.8 Å². The number of amides is 2. The van der Waals surface area contributed by atoms with E-state index in [1.807, 2.05) is 6.92 Å². The van der Waals surface area contributed by atoms with E-state index in [-0.39, 0.29) is 0 Å². The van der Waals surface area contributed by atoms with Gasteiger partial charge in [0, 0.05) is 13.5 Å². The first kappa shape index (κ1) is 13.8. The lowest BCUT2D eigenvalue weighted by atomic mass is 10.5. The molecule has 0 saturated carbocycles. The maximum Gasteiger partial charge on any atom is 0.358 e. The lowest BCUT2D eigenvalue weighted by Gasteiger charge is -2.07. The Balaban J connectivity index is 3.03. The Morgan fingerprint density at radius 2 is 2.17 bits per heavy atom. The van der Waals surface area contributed by atoms with Crippen molar-refractivity contribution in [2.75, 3.05) is 11.9 Å². The molecule has 0 fully saturated rings. The molecule has 98 valence electrons. The molecule has 1 aromatic heterocycles. The number of aromatic nitrogens is 2. The Kier molecular flexibility index (Phi) is 4.52. The van der Waals surface area contributed by atoms with Crippen LogP contribution in [-0.2, 0) is 4.79 Å². The van der Waals surface area contributed by atoms with E-state index in [0.29, 0.717) is 23.7 Å². The Morgan fingerprint density at radius 3 is 2.72 bits per heavy atom. The van der Waals surface area contributed by atoms with Gasteiger partial charge in [-0.3, -0.25) is 4.79 Å². The summed E-state index contributed by atoms with van der Waals surface area (Å²) < 4.78 is 14.0. The maximum absolute atomic E-state index is 13.5. The highest BCUT2D eigenvalue weighted by molar-refractivity contribution is 5.87. The van der Waals surface area contributed by atoms with Crippen molar-refractivity contribution in [3.8, 4) is 0 Å². The number of hydrogen-bond acceptors (Lipinski definition) is 4. The number of halogens is 1. The first-order valence-electron chi connectivity index (χ1n) is 5.30. The molecule has 0 aliphatic heterocycles. The molecule has 1 aromatic rings. The molecular weight excluding hydrogens is 243 g/mol. The lowest BCUT2D eigenvalue weighted by molar-refractivity contribution is -0.114. The maximum atomic E-state index is 13.5. The fourth-order valence-corrected chi connectivity index (χ4v) is 1.15. The van der Waals surface area contributed by atoms with Gasteiger partial charge in [-0.25, -0.2) is 18.5 Å². The molecule has 7 nitrogen and oxygen atoms in total. The van der Waals surface area contributed by atoms with Gasteiger partial charge in [-0.05, 0) is 6.42 Å². The van der Waals surface area contributed by atoms with Crippen LogP contribution < -0.4 is 16.3 Å². The average molecular weight is 256 g/mol. The van der Waals surface area contributed by atoms with E-state index in [0.717, 1.165) is 6.92 Å². The van der Waals surface area contributed by atoms with Crippen LogP contribution in [0.1, 0.15) is 20.3 Å². The fraction of sp³-hybridized carbons (Fsp3) is 0.400. The van der Waals surface area contributed by atoms with E-state index in [1.54, 1.807) is 0 Å². The number of nitrogens with one attached hydrogen (secondary N) is 2. The zero-order chi connectivity index (χ0) is 13.7. The van der Waals surface area contributed by atoms with Gasteiger partial charge in [-0.1, -0.05) is 6.92 Å². The number of nitrogens with zero attached hydrogens (tertiary/aromatic N) is 2. The van der Waals surface area contributed by atoms with Crippen LogP contribution >= 0.6 is 0 Å². The van der Waals surface area contributed by atoms with Crippen LogP contribution in [0.15, 0.2) is 11.0 Å². The first-order chi connectivity index (χ1) is 8.45. The molecule has 0 atom stereocenters. The minimum atomic E-state index is -0.964. The third-order valence-electron chi connectivity index (χ3n) is 1.92. The molecule has 0 bridgehead atoms. The van der Waals surface area contributed by atoms with Crippen LogP contribution in [0, 0.1) is 5.82 Å². The molecule has 0 saturated heterocycles. The standard InChI is InChI=1S/C10H13FN4O3/c1-3-4-12-9(17)15-5-7(11)8(13-6(2)16)14-10(15)18/h5H,3-4H2,1-2H3,(H,12,17)(H,13,14,16,18). The van der Waals surface area contributed by atoms with Crippen molar-refractivity contribution < 1.29 is 14.0 Å². The normalized spacial score (nSPS) is 9.94. The van der Waals surface area contributed by atoms with Gasteiger partial charge >= 0.3 is 11.7 Å². The van der Waals surface area contributed by atoms with E-state index in [1.165, 1.54) is 0 Å². The summed E-state index contributed by atoms with van der Waals surface area (Å²) in [5, 5.41) is 4.46. The Morgan fingerprint density at radius 1 is 1.50 bits per heavy atom. The molecule has 2 amide bonds. The molecule has 0 aromatic carbocycles. The molecule has 1 heterocycles. The highest BCUT2D eigenvalue weighted by Crippen LogP contribution is 2.06. The predicted molar refractivity (Wildman–Crippen MR) is 61.8 cm³/mol. The third-order valence-corrected chi connectivity index (χ3v) is 1.92. The summed E-state index contributed by atoms with van der Waals surface area (Å²) in [6, 6.07) is -0.761. The van der Waals surface area contributed by atoms with Crippen LogP contribution in [0.25, 0.3) is 0 Å². The minimum absolute atomic E-state index is 0.361. The second kappa shape index (κ2) is 5.89. The highest BCUT2D eigenvalue weighted by atomic mass is 19.1. The van der Waals surface area contributed by atoms with Gasteiger partial charge in [-0.2, -0.15) is 4.98 Å². The van der Waals surface area contributed by atoms with Crippen molar-refractivity contribution in [1.82, 2.24) is 14.9 Å². The van der Waals surface area contributed by atoms with Crippen molar-refractivity contribution >= 4 is 17.8 Å². The number of carbonyl (C=O) groups is 2. The zero-order valence-corrected chi connectivity index (χ0v) is 9.99. The Bertz CT molecular complexity index is 526. The second-order valence-corrected chi connectivity index (χ2v) is 3.50. The van der Waals surface area contributed by atoms with Crippen LogP contribution in [0.2, 0.25) is 0 Å². The molecule has 0 unspecified atom stereocenters. The van der Waals surface area contributed by atoms with Crippen molar-refractivity contribution in [2.45, 2.75) is 20.3 Å². The summed E-state index contributed by atoms with van der Waals surface area (Å²) >= 11 is 0. The van der Waals surface area contributed by atoms with Gasteiger partial charge in [0.25, 0.3) is 0 Å². The van der Waals surface area contributed by atoms with Crippen LogP contribution in [0.4, 0.5) is 15.0 Å². The minimum Gasteiger partial charge on any atom is -0.337 e. The van der Waals surface area contributed by atoms with Gasteiger partial charge < -0.3 is 10.6 Å². The van der Waals surface area contributed by atoms with Crippen LogP contribution in [-0.4, -0.2) is 28.0 Å². The molecule has 1 rings (SSSR count). The average Bonchev–Trinajstić information content (AvgIpc) is 2.29. The number of anilines is 1. The lowest BCUT2D eigenvalue weighted by Crippen LogP contribution is -2.38. The number of rotatable bonds is 3. The molecule has 0 spiro atoms. The third kappa shape index (κ3) is 3.37. The quantitative estimate of drug-likeness (QED) is 0.813. The highest BCUT2D eigenvalue weighted by Gasteiger charge is 2.13. The molecule has 0 aliphatic rings. The van der Waals surface area contributed by atoms with Crippen molar-refractivity contribution in [1.29, 1.82) is 0 Å². The molecule has 0 aliphatic carbocycles. The van der Waals surface area contributed by atoms with E-state index in [4.69, 9.17) is 0 Å². The zero-order valence-electron chi connectivity index (χ0n) is 9.99. The summed E-state index contributed by atoms with van der Waals surface area (Å²) in [6.45, 7) is 3.35. The topological polar surface area (TPSA) is 93.1 Å². The van der Waals surface area contributed by atoms with Crippen LogP contribution in [0.3, 0.4) is 0 Å². The van der Waals surface area contributed by atoms with Crippen molar-refractivity contribution in [3.05, 3.63) is 22.5 Å². The van der Waals surface area contributed by atoms with E-state index in [2.05, 4.69) is 15.6 Å². The van der Waals surface area contributed by atoms with Gasteiger partial charge in [0.15, 0.2) is 11.6 Å². The summed E-state index contributed by atoms with van der Waals surface area (Å²) in [6.07, 6.45) is 1.37. The van der Waals surface area contributed by atoms with Gasteiger partial charge in [-0.15, -0.1) is 0 Å². The summed E-state index contributed by atoms with van der Waals surface area (Å²) in [5.74, 6) is -2.02. The van der Waals surface area contributed by atoms with Gasteiger partial charge in [0.05, 0.1) is 6.20 Å². The second-order valence-electron chi connectivity index (χ2n) is 3.50. The SMILES string of the molecule is CCCNC(=O)n1cc(F)c(NC(C)=O)nc1=O. The molecular formula is C10H13FN4O3. The molecule has 0 radical (unpaired) electrons. The van der Waals surface area contributed by atoms with E-state index >= 15 is 0 Å². The fourth-order valence-electron chi connectivity index (χ4n) is 1.15. The van der Waals surface area contributed by atoms with Gasteiger partial charge in [0.2, 0.25) is 5.91 Å². The summed E-state index contributed by atoms with van der Waals surface area (Å²) in [4.78, 5) is 36.9. The largest absolute Gasteiger partial charge is 0.358 e. The summed E-state index contributed by atoms with van der Waals surface area (Å²) in [7, 11) is 0. The predicted octanol–water partition coefficient (Wildman–Crippen LogP) is 0.308. The number of carbonyl (C=O) groups excluding carboxylic acids is 2. The summed E-state index contributed by atoms with van der Waals surface area (Å²) in [5.41, 5.74) is -0.964. The molecule has 2 N–H and O–H groups in total. The Hall–Kier alpha value is -2.25. The molecule has 18 heavy (non-hydrogen) atoms. The smallest absolute Gasteiger partial charge is 0.337 e. The first-order valence-corrected chi connectivity index (χ1v) is 5.30.